The SMILES string of the molecule is CCCS(=O)CC(C)NC(=O)OC(C)(C)C. The minimum Gasteiger partial charge on any atom is -0.444 e. The fourth-order valence-corrected chi connectivity index (χ4v) is 2.40. The van der Waals surface area contributed by atoms with E-state index in [4.69, 9.17) is 4.74 Å². The molecule has 0 aromatic carbocycles. The quantitative estimate of drug-likeness (QED) is 0.811. The first-order chi connectivity index (χ1) is 7.24. The highest BCUT2D eigenvalue weighted by Gasteiger charge is 2.18. The lowest BCUT2D eigenvalue weighted by molar-refractivity contribution is 0.0513. The van der Waals surface area contributed by atoms with Gasteiger partial charge in [-0.2, -0.15) is 0 Å². The van der Waals surface area contributed by atoms with E-state index in [9.17, 15) is 9.00 Å². The van der Waals surface area contributed by atoms with Gasteiger partial charge >= 0.3 is 6.09 Å². The number of hydrogen-bond acceptors (Lipinski definition) is 3. The summed E-state index contributed by atoms with van der Waals surface area (Å²) in [5.41, 5.74) is -0.494. The van der Waals surface area contributed by atoms with E-state index in [-0.39, 0.29) is 6.04 Å². The summed E-state index contributed by atoms with van der Waals surface area (Å²) in [6.07, 6.45) is 0.444. The molecule has 0 rings (SSSR count). The molecule has 0 aliphatic rings. The summed E-state index contributed by atoms with van der Waals surface area (Å²) < 4.78 is 16.5. The Bertz CT molecular complexity index is 248. The van der Waals surface area contributed by atoms with Crippen LogP contribution in [-0.2, 0) is 15.5 Å². The Kier molecular flexibility index (Phi) is 6.64. The van der Waals surface area contributed by atoms with Crippen LogP contribution in [0.25, 0.3) is 0 Å². The van der Waals surface area contributed by atoms with Gasteiger partial charge in [-0.1, -0.05) is 6.92 Å². The first-order valence-corrected chi connectivity index (χ1v) is 7.08. The van der Waals surface area contributed by atoms with Gasteiger partial charge in [0.2, 0.25) is 0 Å². The van der Waals surface area contributed by atoms with E-state index in [2.05, 4.69) is 5.32 Å². The molecule has 2 atom stereocenters. The van der Waals surface area contributed by atoms with Gasteiger partial charge in [-0.25, -0.2) is 4.79 Å². The van der Waals surface area contributed by atoms with Gasteiger partial charge in [0.15, 0.2) is 0 Å². The molecule has 0 aromatic rings. The maximum atomic E-state index is 11.4. The number of hydrogen-bond donors (Lipinski definition) is 1. The van der Waals surface area contributed by atoms with E-state index in [0.717, 1.165) is 6.42 Å². The predicted molar refractivity (Wildman–Crippen MR) is 67.0 cm³/mol. The molecule has 0 radical (unpaired) electrons. The first kappa shape index (κ1) is 15.4. The highest BCUT2D eigenvalue weighted by Crippen LogP contribution is 2.06. The fourth-order valence-electron chi connectivity index (χ4n) is 1.14. The normalized spacial score (nSPS) is 15.3. The van der Waals surface area contributed by atoms with Crippen molar-refractivity contribution in [3.05, 3.63) is 0 Å². The second kappa shape index (κ2) is 6.89. The van der Waals surface area contributed by atoms with Crippen molar-refractivity contribution in [2.45, 2.75) is 52.7 Å². The lowest BCUT2D eigenvalue weighted by Gasteiger charge is -2.21. The fraction of sp³-hybridized carbons (Fsp3) is 0.909. The van der Waals surface area contributed by atoms with Gasteiger partial charge in [0.05, 0.1) is 0 Å². The van der Waals surface area contributed by atoms with Crippen LogP contribution in [0.1, 0.15) is 41.0 Å². The standard InChI is InChI=1S/C11H23NO3S/c1-6-7-16(14)8-9(2)12-10(13)15-11(3,4)5/h9H,6-8H2,1-5H3,(H,12,13). The smallest absolute Gasteiger partial charge is 0.407 e. The molecule has 96 valence electrons. The number of amides is 1. The summed E-state index contributed by atoms with van der Waals surface area (Å²) in [6, 6.07) is -0.123. The van der Waals surface area contributed by atoms with Crippen molar-refractivity contribution in [3.63, 3.8) is 0 Å². The Morgan fingerprint density at radius 2 is 2.00 bits per heavy atom. The van der Waals surface area contributed by atoms with Crippen LogP contribution in [0.15, 0.2) is 0 Å². The maximum absolute atomic E-state index is 11.4. The Morgan fingerprint density at radius 1 is 1.44 bits per heavy atom. The van der Waals surface area contributed by atoms with Crippen molar-refractivity contribution in [2.75, 3.05) is 11.5 Å². The van der Waals surface area contributed by atoms with Crippen molar-refractivity contribution in [1.82, 2.24) is 5.32 Å². The van der Waals surface area contributed by atoms with Gasteiger partial charge in [-0.05, 0) is 34.1 Å². The zero-order valence-electron chi connectivity index (χ0n) is 10.8. The van der Waals surface area contributed by atoms with E-state index in [1.54, 1.807) is 0 Å². The zero-order valence-corrected chi connectivity index (χ0v) is 11.6. The van der Waals surface area contributed by atoms with Crippen molar-refractivity contribution in [3.8, 4) is 0 Å². The average molecular weight is 249 g/mol. The third-order valence-electron chi connectivity index (χ3n) is 1.63. The summed E-state index contributed by atoms with van der Waals surface area (Å²) in [5.74, 6) is 1.16. The first-order valence-electron chi connectivity index (χ1n) is 5.59. The molecule has 0 saturated carbocycles. The molecule has 0 aliphatic heterocycles. The number of nitrogens with one attached hydrogen (secondary N) is 1. The summed E-state index contributed by atoms with van der Waals surface area (Å²) in [6.45, 7) is 9.26. The second-order valence-corrected chi connectivity index (χ2v) is 6.48. The van der Waals surface area contributed by atoms with E-state index in [0.29, 0.717) is 11.5 Å². The summed E-state index contributed by atoms with van der Waals surface area (Å²) >= 11 is 0. The third-order valence-corrected chi connectivity index (χ3v) is 3.37. The largest absolute Gasteiger partial charge is 0.444 e. The zero-order chi connectivity index (χ0) is 12.8. The van der Waals surface area contributed by atoms with Crippen molar-refractivity contribution in [1.29, 1.82) is 0 Å². The Balaban J connectivity index is 3.91. The number of ether oxygens (including phenoxy) is 1. The van der Waals surface area contributed by atoms with Gasteiger partial charge in [0.25, 0.3) is 0 Å². The maximum Gasteiger partial charge on any atom is 0.407 e. The average Bonchev–Trinajstić information content (AvgIpc) is 1.98. The molecular formula is C11H23NO3S. The van der Waals surface area contributed by atoms with Crippen LogP contribution < -0.4 is 5.32 Å². The highest BCUT2D eigenvalue weighted by atomic mass is 32.2. The molecule has 0 aromatic heterocycles. The molecule has 1 N–H and O–H groups in total. The molecule has 0 bridgehead atoms. The number of carbonyl (C=O) groups is 1. The Hall–Kier alpha value is -0.580. The molecule has 1 amide bonds. The van der Waals surface area contributed by atoms with E-state index in [1.807, 2.05) is 34.6 Å². The third kappa shape index (κ3) is 8.71. The summed E-state index contributed by atoms with van der Waals surface area (Å²) in [4.78, 5) is 11.4. The monoisotopic (exact) mass is 249 g/mol. The molecule has 0 heterocycles. The van der Waals surface area contributed by atoms with Crippen LogP contribution in [0.5, 0.6) is 0 Å². The minimum atomic E-state index is -0.860. The van der Waals surface area contributed by atoms with Gasteiger partial charge < -0.3 is 10.1 Å². The molecule has 16 heavy (non-hydrogen) atoms. The van der Waals surface area contributed by atoms with E-state index >= 15 is 0 Å². The van der Waals surface area contributed by atoms with Crippen LogP contribution in [0.4, 0.5) is 4.79 Å². The van der Waals surface area contributed by atoms with Crippen LogP contribution >= 0.6 is 0 Å². The molecule has 0 fully saturated rings. The summed E-state index contributed by atoms with van der Waals surface area (Å²) in [5, 5.41) is 2.67. The van der Waals surface area contributed by atoms with Gasteiger partial charge in [-0.3, -0.25) is 4.21 Å². The number of rotatable bonds is 5. The second-order valence-electron chi connectivity index (χ2n) is 4.86. The molecule has 0 saturated heterocycles. The lowest BCUT2D eigenvalue weighted by atomic mass is 10.2. The lowest BCUT2D eigenvalue weighted by Crippen LogP contribution is -2.40. The van der Waals surface area contributed by atoms with E-state index in [1.165, 1.54) is 0 Å². The van der Waals surface area contributed by atoms with Crippen molar-refractivity contribution < 1.29 is 13.7 Å². The molecule has 4 nitrogen and oxygen atoms in total. The van der Waals surface area contributed by atoms with Crippen molar-refractivity contribution in [2.24, 2.45) is 0 Å². The van der Waals surface area contributed by atoms with Gasteiger partial charge in [0, 0.05) is 28.3 Å². The van der Waals surface area contributed by atoms with Crippen LogP contribution in [-0.4, -0.2) is 33.5 Å². The van der Waals surface area contributed by atoms with Crippen LogP contribution in [0.3, 0.4) is 0 Å². The Labute approximate surface area is 101 Å². The van der Waals surface area contributed by atoms with Gasteiger partial charge in [-0.15, -0.1) is 0 Å². The minimum absolute atomic E-state index is 0.123. The number of carbonyl (C=O) groups excluding carboxylic acids is 1. The molecular weight excluding hydrogens is 226 g/mol. The predicted octanol–water partition coefficient (Wildman–Crippen LogP) is 2.06. The van der Waals surface area contributed by atoms with Crippen LogP contribution in [0, 0.1) is 0 Å². The van der Waals surface area contributed by atoms with E-state index < -0.39 is 22.5 Å². The topological polar surface area (TPSA) is 55.4 Å². The van der Waals surface area contributed by atoms with Gasteiger partial charge in [0.1, 0.15) is 5.60 Å². The van der Waals surface area contributed by atoms with Crippen molar-refractivity contribution >= 4 is 16.9 Å². The molecule has 0 spiro atoms. The number of alkyl carbamates (subject to hydrolysis) is 1. The molecule has 5 heteroatoms. The molecule has 2 unspecified atom stereocenters. The molecule has 0 aliphatic carbocycles. The van der Waals surface area contributed by atoms with Crippen LogP contribution in [0.2, 0.25) is 0 Å². The summed E-state index contributed by atoms with van der Waals surface area (Å²) in [7, 11) is -0.860. The highest BCUT2D eigenvalue weighted by molar-refractivity contribution is 7.85. The Morgan fingerprint density at radius 3 is 2.44 bits per heavy atom.